The number of fused-ring (bicyclic) bond motifs is 4. The molecule has 4 aromatic rings. The molecule has 1 aliphatic rings. The Balaban J connectivity index is 1.80. The van der Waals surface area contributed by atoms with Gasteiger partial charge in [0.15, 0.2) is 0 Å². The molecule has 0 saturated heterocycles. The standard InChI is InChI=1S/C27H27NOS/c1-16-11-12-22-20(13-16)25-26(29-22)28(21-9-7-8-10-23(21)30-25)24-17(2)14-19(15-18(24)3)27(4,5)6/h7-15H,1-6H3. The summed E-state index contributed by atoms with van der Waals surface area (Å²) >= 11 is 1.81. The average molecular weight is 414 g/mol. The smallest absolute Gasteiger partial charge is 0.219 e. The summed E-state index contributed by atoms with van der Waals surface area (Å²) in [6.45, 7) is 13.4. The maximum atomic E-state index is 6.48. The molecule has 0 radical (unpaired) electrons. The van der Waals surface area contributed by atoms with E-state index in [4.69, 9.17) is 4.42 Å². The second-order valence-electron chi connectivity index (χ2n) is 9.35. The van der Waals surface area contributed by atoms with Crippen LogP contribution in [0, 0.1) is 20.8 Å². The quantitative estimate of drug-likeness (QED) is 0.274. The number of aryl methyl sites for hydroxylation is 3. The predicted octanol–water partition coefficient (Wildman–Crippen LogP) is 8.59. The van der Waals surface area contributed by atoms with Gasteiger partial charge in [0.2, 0.25) is 5.88 Å². The molecule has 0 unspecified atom stereocenters. The van der Waals surface area contributed by atoms with Crippen LogP contribution in [0.3, 0.4) is 0 Å². The Hall–Kier alpha value is -2.65. The number of anilines is 3. The van der Waals surface area contributed by atoms with Crippen LogP contribution in [0.25, 0.3) is 11.0 Å². The number of furan rings is 1. The zero-order valence-corrected chi connectivity index (χ0v) is 19.3. The number of benzene rings is 3. The third kappa shape index (κ3) is 2.95. The van der Waals surface area contributed by atoms with Gasteiger partial charge in [-0.1, -0.05) is 68.4 Å². The second-order valence-corrected chi connectivity index (χ2v) is 10.4. The lowest BCUT2D eigenvalue weighted by molar-refractivity contribution is 0.589. The molecular formula is C27H27NOS. The molecule has 152 valence electrons. The molecule has 30 heavy (non-hydrogen) atoms. The van der Waals surface area contributed by atoms with E-state index in [9.17, 15) is 0 Å². The van der Waals surface area contributed by atoms with E-state index >= 15 is 0 Å². The molecule has 0 saturated carbocycles. The zero-order valence-electron chi connectivity index (χ0n) is 18.5. The molecule has 2 heterocycles. The van der Waals surface area contributed by atoms with Crippen LogP contribution in [0.2, 0.25) is 0 Å². The minimum absolute atomic E-state index is 0.117. The van der Waals surface area contributed by atoms with Crippen LogP contribution in [0.4, 0.5) is 17.3 Å². The second kappa shape index (κ2) is 6.68. The van der Waals surface area contributed by atoms with Gasteiger partial charge >= 0.3 is 0 Å². The van der Waals surface area contributed by atoms with Crippen molar-refractivity contribution in [3.05, 3.63) is 76.9 Å². The van der Waals surface area contributed by atoms with Gasteiger partial charge in [0, 0.05) is 10.3 Å². The summed E-state index contributed by atoms with van der Waals surface area (Å²) in [6.07, 6.45) is 0. The Kier molecular flexibility index (Phi) is 4.30. The highest BCUT2D eigenvalue weighted by Crippen LogP contribution is 2.56. The van der Waals surface area contributed by atoms with Gasteiger partial charge < -0.3 is 4.42 Å². The summed E-state index contributed by atoms with van der Waals surface area (Å²) in [5, 5.41) is 1.19. The summed E-state index contributed by atoms with van der Waals surface area (Å²) in [7, 11) is 0. The maximum absolute atomic E-state index is 6.48. The first-order chi connectivity index (χ1) is 14.2. The Morgan fingerprint density at radius 1 is 0.867 bits per heavy atom. The van der Waals surface area contributed by atoms with Gasteiger partial charge in [-0.25, -0.2) is 0 Å². The van der Waals surface area contributed by atoms with Crippen molar-refractivity contribution in [3.8, 4) is 0 Å². The van der Waals surface area contributed by atoms with E-state index in [2.05, 4.69) is 101 Å². The van der Waals surface area contributed by atoms with Crippen molar-refractivity contribution < 1.29 is 4.42 Å². The first kappa shape index (κ1) is 19.3. The molecule has 0 amide bonds. The van der Waals surface area contributed by atoms with Crippen LogP contribution >= 0.6 is 11.8 Å². The molecule has 3 aromatic carbocycles. The normalized spacial score (nSPS) is 13.5. The minimum Gasteiger partial charge on any atom is -0.439 e. The first-order valence-electron chi connectivity index (χ1n) is 10.5. The van der Waals surface area contributed by atoms with E-state index in [1.807, 2.05) is 11.8 Å². The van der Waals surface area contributed by atoms with E-state index < -0.39 is 0 Å². The molecule has 0 fully saturated rings. The Morgan fingerprint density at radius 3 is 2.27 bits per heavy atom. The molecule has 0 bridgehead atoms. The van der Waals surface area contributed by atoms with Crippen molar-refractivity contribution in [3.63, 3.8) is 0 Å². The molecule has 0 atom stereocenters. The minimum atomic E-state index is 0.117. The Labute approximate surface area is 182 Å². The van der Waals surface area contributed by atoms with E-state index in [1.54, 1.807) is 0 Å². The largest absolute Gasteiger partial charge is 0.439 e. The van der Waals surface area contributed by atoms with Gasteiger partial charge in [-0.2, -0.15) is 0 Å². The molecule has 0 aliphatic carbocycles. The molecule has 0 N–H and O–H groups in total. The van der Waals surface area contributed by atoms with Gasteiger partial charge in [0.1, 0.15) is 5.58 Å². The first-order valence-corrected chi connectivity index (χ1v) is 11.3. The van der Waals surface area contributed by atoms with Crippen molar-refractivity contribution in [2.45, 2.75) is 56.7 Å². The third-order valence-electron chi connectivity index (χ3n) is 5.88. The third-order valence-corrected chi connectivity index (χ3v) is 7.05. The van der Waals surface area contributed by atoms with Crippen LogP contribution in [0.5, 0.6) is 0 Å². The van der Waals surface area contributed by atoms with E-state index in [1.165, 1.54) is 48.8 Å². The summed E-state index contributed by atoms with van der Waals surface area (Å²) in [5.74, 6) is 0.925. The fraction of sp³-hybridized carbons (Fsp3) is 0.259. The number of rotatable bonds is 1. The highest BCUT2D eigenvalue weighted by molar-refractivity contribution is 8.00. The van der Waals surface area contributed by atoms with Crippen LogP contribution in [0.1, 0.15) is 43.0 Å². The Morgan fingerprint density at radius 2 is 1.57 bits per heavy atom. The number of hydrogen-bond donors (Lipinski definition) is 0. The highest BCUT2D eigenvalue weighted by atomic mass is 32.2. The fourth-order valence-electron chi connectivity index (χ4n) is 4.33. The molecule has 0 spiro atoms. The monoisotopic (exact) mass is 413 g/mol. The lowest BCUT2D eigenvalue weighted by Gasteiger charge is -2.32. The van der Waals surface area contributed by atoms with Crippen LogP contribution in [-0.2, 0) is 5.41 Å². The molecule has 5 rings (SSSR count). The van der Waals surface area contributed by atoms with Crippen molar-refractivity contribution >= 4 is 40.0 Å². The predicted molar refractivity (Wildman–Crippen MR) is 128 cm³/mol. The lowest BCUT2D eigenvalue weighted by atomic mass is 9.84. The number of para-hydroxylation sites is 1. The van der Waals surface area contributed by atoms with E-state index in [0.717, 1.165) is 11.5 Å². The van der Waals surface area contributed by atoms with Gasteiger partial charge in [0.05, 0.1) is 16.3 Å². The van der Waals surface area contributed by atoms with Gasteiger partial charge in [-0.05, 0) is 67.1 Å². The molecular weight excluding hydrogens is 386 g/mol. The van der Waals surface area contributed by atoms with Crippen LogP contribution in [-0.4, -0.2) is 0 Å². The van der Waals surface area contributed by atoms with Gasteiger partial charge in [0.25, 0.3) is 0 Å². The summed E-state index contributed by atoms with van der Waals surface area (Å²) in [4.78, 5) is 4.78. The maximum Gasteiger partial charge on any atom is 0.219 e. The lowest BCUT2D eigenvalue weighted by Crippen LogP contribution is -2.18. The molecule has 1 aliphatic heterocycles. The van der Waals surface area contributed by atoms with Crippen molar-refractivity contribution in [1.82, 2.24) is 0 Å². The van der Waals surface area contributed by atoms with Crippen molar-refractivity contribution in [2.75, 3.05) is 4.90 Å². The molecule has 3 heteroatoms. The summed E-state index contributed by atoms with van der Waals surface area (Å²) in [5.41, 5.74) is 8.60. The Bertz CT molecular complexity index is 1270. The fourth-order valence-corrected chi connectivity index (χ4v) is 5.45. The van der Waals surface area contributed by atoms with Gasteiger partial charge in [-0.3, -0.25) is 4.90 Å². The van der Waals surface area contributed by atoms with E-state index in [0.29, 0.717) is 0 Å². The van der Waals surface area contributed by atoms with E-state index in [-0.39, 0.29) is 5.41 Å². The summed E-state index contributed by atoms with van der Waals surface area (Å²) in [6, 6.07) is 19.7. The summed E-state index contributed by atoms with van der Waals surface area (Å²) < 4.78 is 6.48. The average Bonchev–Trinajstić information content (AvgIpc) is 3.03. The SMILES string of the molecule is Cc1ccc2oc3c(c2c1)Sc1ccccc1N3c1c(C)cc(C(C)(C)C)cc1C. The highest BCUT2D eigenvalue weighted by Gasteiger charge is 2.32. The number of hydrogen-bond acceptors (Lipinski definition) is 3. The van der Waals surface area contributed by atoms with Crippen molar-refractivity contribution in [2.24, 2.45) is 0 Å². The van der Waals surface area contributed by atoms with Crippen LogP contribution in [0.15, 0.2) is 68.8 Å². The topological polar surface area (TPSA) is 16.4 Å². The molecule has 2 nitrogen and oxygen atoms in total. The zero-order chi connectivity index (χ0) is 21.2. The van der Waals surface area contributed by atoms with Gasteiger partial charge in [-0.15, -0.1) is 0 Å². The van der Waals surface area contributed by atoms with Crippen LogP contribution < -0.4 is 4.90 Å². The van der Waals surface area contributed by atoms with Crippen molar-refractivity contribution in [1.29, 1.82) is 0 Å². The molecule has 1 aromatic heterocycles. The number of nitrogens with zero attached hydrogens (tertiary/aromatic N) is 1.